The van der Waals surface area contributed by atoms with Crippen molar-refractivity contribution in [1.29, 1.82) is 0 Å². The molecule has 0 saturated heterocycles. The van der Waals surface area contributed by atoms with Crippen molar-refractivity contribution in [3.63, 3.8) is 0 Å². The lowest BCUT2D eigenvalue weighted by atomic mass is 10.2. The molecular weight excluding hydrogens is 275 g/mol. The Labute approximate surface area is 105 Å². The molecule has 0 amide bonds. The van der Waals surface area contributed by atoms with Gasteiger partial charge in [0.05, 0.1) is 0 Å². The van der Waals surface area contributed by atoms with Crippen molar-refractivity contribution < 1.29 is 13.2 Å². The van der Waals surface area contributed by atoms with Gasteiger partial charge in [-0.05, 0) is 19.1 Å². The summed E-state index contributed by atoms with van der Waals surface area (Å²) in [6.07, 6.45) is -2.42. The van der Waals surface area contributed by atoms with Gasteiger partial charge in [-0.25, -0.2) is 9.97 Å². The van der Waals surface area contributed by atoms with E-state index >= 15 is 0 Å². The van der Waals surface area contributed by atoms with Crippen LogP contribution in [-0.2, 0) is 0 Å². The Bertz CT molecular complexity index is 434. The monoisotopic (exact) mass is 283 g/mol. The number of aromatic nitrogens is 2. The molecule has 8 heteroatoms. The predicted octanol–water partition coefficient (Wildman–Crippen LogP) is 3.36. The summed E-state index contributed by atoms with van der Waals surface area (Å²) in [6, 6.07) is 1.30. The van der Waals surface area contributed by atoms with Crippen LogP contribution in [0.2, 0.25) is 5.15 Å². The summed E-state index contributed by atoms with van der Waals surface area (Å²) in [5.74, 6) is 0.115. The number of nitrogens with zero attached hydrogens (tertiary/aromatic N) is 2. The first-order valence-electron chi connectivity index (χ1n) is 4.80. The summed E-state index contributed by atoms with van der Waals surface area (Å²) in [6.45, 7) is 0. The Morgan fingerprint density at radius 3 is 2.53 bits per heavy atom. The lowest BCUT2D eigenvalue weighted by Gasteiger charge is -2.21. The Balaban J connectivity index is 2.22. The van der Waals surface area contributed by atoms with Gasteiger partial charge in [-0.3, -0.25) is 0 Å². The van der Waals surface area contributed by atoms with Crippen LogP contribution >= 0.6 is 23.4 Å². The molecule has 1 aliphatic carbocycles. The fourth-order valence-corrected chi connectivity index (χ4v) is 2.01. The lowest BCUT2D eigenvalue weighted by molar-refractivity contribution is -0.151. The third-order valence-electron chi connectivity index (χ3n) is 2.52. The Morgan fingerprint density at radius 1 is 1.41 bits per heavy atom. The summed E-state index contributed by atoms with van der Waals surface area (Å²) in [4.78, 5) is 7.81. The van der Waals surface area contributed by atoms with E-state index in [0.717, 1.165) is 0 Å². The van der Waals surface area contributed by atoms with Crippen molar-refractivity contribution in [2.75, 3.05) is 11.6 Å². The Kier molecular flexibility index (Phi) is 3.15. The summed E-state index contributed by atoms with van der Waals surface area (Å²) in [5.41, 5.74) is -1.83. The molecule has 0 atom stereocenters. The maximum atomic E-state index is 12.7. The lowest BCUT2D eigenvalue weighted by Crippen LogP contribution is -2.38. The van der Waals surface area contributed by atoms with E-state index in [4.69, 9.17) is 11.6 Å². The van der Waals surface area contributed by atoms with E-state index in [0.29, 0.717) is 5.16 Å². The zero-order chi connectivity index (χ0) is 12.7. The van der Waals surface area contributed by atoms with Crippen LogP contribution in [0, 0.1) is 0 Å². The molecule has 1 heterocycles. The molecule has 1 saturated carbocycles. The average molecular weight is 284 g/mol. The number of rotatable bonds is 3. The molecule has 1 aromatic rings. The highest BCUT2D eigenvalue weighted by atomic mass is 35.5. The van der Waals surface area contributed by atoms with Gasteiger partial charge < -0.3 is 5.32 Å². The molecule has 2 rings (SSSR count). The van der Waals surface area contributed by atoms with Crippen LogP contribution in [0.15, 0.2) is 11.2 Å². The molecule has 0 aromatic carbocycles. The Hall–Kier alpha value is -0.690. The van der Waals surface area contributed by atoms with Crippen LogP contribution in [-0.4, -0.2) is 27.9 Å². The zero-order valence-corrected chi connectivity index (χ0v) is 10.4. The maximum Gasteiger partial charge on any atom is 0.411 e. The molecule has 94 valence electrons. The van der Waals surface area contributed by atoms with Crippen LogP contribution in [0.5, 0.6) is 0 Å². The van der Waals surface area contributed by atoms with Crippen molar-refractivity contribution in [3.05, 3.63) is 11.2 Å². The van der Waals surface area contributed by atoms with Crippen molar-refractivity contribution >= 4 is 29.2 Å². The number of thioether (sulfide) groups is 1. The van der Waals surface area contributed by atoms with Crippen LogP contribution in [0.4, 0.5) is 19.0 Å². The molecule has 1 fully saturated rings. The van der Waals surface area contributed by atoms with Gasteiger partial charge in [0.1, 0.15) is 16.5 Å². The number of anilines is 1. The molecule has 0 unspecified atom stereocenters. The van der Waals surface area contributed by atoms with E-state index in [9.17, 15) is 13.2 Å². The van der Waals surface area contributed by atoms with Crippen molar-refractivity contribution in [2.45, 2.75) is 29.7 Å². The second-order valence-electron chi connectivity index (χ2n) is 3.77. The van der Waals surface area contributed by atoms with E-state index in [-0.39, 0.29) is 23.8 Å². The summed E-state index contributed by atoms with van der Waals surface area (Å²) >= 11 is 6.93. The van der Waals surface area contributed by atoms with Gasteiger partial charge in [0.15, 0.2) is 5.16 Å². The standard InChI is InChI=1S/C9H9ClF3N3S/c1-17-7-14-5(10)4-6(15-7)16-8(2-3-8)9(11,12)13/h4H,2-3H2,1H3,(H,14,15,16). The van der Waals surface area contributed by atoms with Gasteiger partial charge in [0, 0.05) is 6.07 Å². The normalized spacial score (nSPS) is 17.9. The molecule has 3 nitrogen and oxygen atoms in total. The highest BCUT2D eigenvalue weighted by Crippen LogP contribution is 2.51. The van der Waals surface area contributed by atoms with Gasteiger partial charge in [0.2, 0.25) is 0 Å². The minimum Gasteiger partial charge on any atom is -0.356 e. The van der Waals surface area contributed by atoms with Crippen molar-refractivity contribution in [2.24, 2.45) is 0 Å². The van der Waals surface area contributed by atoms with E-state index in [2.05, 4.69) is 15.3 Å². The fraction of sp³-hybridized carbons (Fsp3) is 0.556. The van der Waals surface area contributed by atoms with Crippen LogP contribution in [0.25, 0.3) is 0 Å². The first kappa shape index (κ1) is 12.8. The fourth-order valence-electron chi connectivity index (χ4n) is 1.40. The molecule has 0 aliphatic heterocycles. The number of alkyl halides is 3. The second-order valence-corrected chi connectivity index (χ2v) is 4.93. The maximum absolute atomic E-state index is 12.7. The first-order valence-corrected chi connectivity index (χ1v) is 6.40. The summed E-state index contributed by atoms with van der Waals surface area (Å²) in [7, 11) is 0. The molecule has 1 aromatic heterocycles. The van der Waals surface area contributed by atoms with Gasteiger partial charge in [-0.2, -0.15) is 13.2 Å². The highest BCUT2D eigenvalue weighted by Gasteiger charge is 2.63. The van der Waals surface area contributed by atoms with Gasteiger partial charge in [-0.1, -0.05) is 23.4 Å². The summed E-state index contributed by atoms with van der Waals surface area (Å²) < 4.78 is 38.2. The van der Waals surface area contributed by atoms with Crippen molar-refractivity contribution in [3.8, 4) is 0 Å². The van der Waals surface area contributed by atoms with E-state index in [1.807, 2.05) is 0 Å². The number of nitrogens with one attached hydrogen (secondary N) is 1. The van der Waals surface area contributed by atoms with Gasteiger partial charge >= 0.3 is 6.18 Å². The molecule has 0 bridgehead atoms. The number of halogens is 4. The minimum absolute atomic E-state index is 0.0622. The van der Waals surface area contributed by atoms with Crippen LogP contribution in [0.3, 0.4) is 0 Å². The molecule has 1 aliphatic rings. The topological polar surface area (TPSA) is 37.8 Å². The largest absolute Gasteiger partial charge is 0.411 e. The highest BCUT2D eigenvalue weighted by molar-refractivity contribution is 7.98. The van der Waals surface area contributed by atoms with Gasteiger partial charge in [0.25, 0.3) is 0 Å². The van der Waals surface area contributed by atoms with Crippen molar-refractivity contribution in [1.82, 2.24) is 9.97 Å². The number of hydrogen-bond acceptors (Lipinski definition) is 4. The zero-order valence-electron chi connectivity index (χ0n) is 8.81. The van der Waals surface area contributed by atoms with E-state index in [1.165, 1.54) is 17.8 Å². The molecule has 0 radical (unpaired) electrons. The molecule has 1 N–H and O–H groups in total. The average Bonchev–Trinajstić information content (AvgIpc) is 2.97. The number of hydrogen-bond donors (Lipinski definition) is 1. The quantitative estimate of drug-likeness (QED) is 0.524. The van der Waals surface area contributed by atoms with Gasteiger partial charge in [-0.15, -0.1) is 0 Å². The van der Waals surface area contributed by atoms with E-state index in [1.54, 1.807) is 6.26 Å². The van der Waals surface area contributed by atoms with Crippen LogP contribution in [0.1, 0.15) is 12.8 Å². The second kappa shape index (κ2) is 4.20. The van der Waals surface area contributed by atoms with Crippen LogP contribution < -0.4 is 5.32 Å². The van der Waals surface area contributed by atoms with E-state index < -0.39 is 11.7 Å². The summed E-state index contributed by atoms with van der Waals surface area (Å²) in [5, 5.41) is 2.89. The minimum atomic E-state index is -4.27. The molecule has 17 heavy (non-hydrogen) atoms. The molecular formula is C9H9ClF3N3S. The predicted molar refractivity (Wildman–Crippen MR) is 60.5 cm³/mol. The molecule has 0 spiro atoms. The Morgan fingerprint density at radius 2 is 2.06 bits per heavy atom. The SMILES string of the molecule is CSc1nc(Cl)cc(NC2(C(F)(F)F)CC2)n1. The smallest absolute Gasteiger partial charge is 0.356 e. The first-order chi connectivity index (χ1) is 7.86. The third kappa shape index (κ3) is 2.60. The third-order valence-corrected chi connectivity index (χ3v) is 3.26.